The van der Waals surface area contributed by atoms with Gasteiger partial charge in [-0.2, -0.15) is 13.2 Å². The third-order valence-corrected chi connectivity index (χ3v) is 3.29. The van der Waals surface area contributed by atoms with Crippen LogP contribution in [-0.4, -0.2) is 16.0 Å². The highest BCUT2D eigenvalue weighted by atomic mass is 35.7. The second kappa shape index (κ2) is 4.84. The van der Waals surface area contributed by atoms with Crippen molar-refractivity contribution < 1.29 is 27.2 Å². The van der Waals surface area contributed by atoms with Crippen LogP contribution in [0.2, 0.25) is 0 Å². The van der Waals surface area contributed by atoms with Crippen LogP contribution in [0.3, 0.4) is 0 Å². The SMILES string of the molecule is CC(C)C(S)(CC(F)(F)F)OP(=O)(O)Cl. The molecule has 0 fully saturated rings. The van der Waals surface area contributed by atoms with Gasteiger partial charge in [0.1, 0.15) is 4.93 Å². The quantitative estimate of drug-likeness (QED) is 0.472. The van der Waals surface area contributed by atoms with E-state index in [4.69, 9.17) is 16.1 Å². The van der Waals surface area contributed by atoms with Gasteiger partial charge in [0.25, 0.3) is 0 Å². The van der Waals surface area contributed by atoms with Crippen molar-refractivity contribution in [3.63, 3.8) is 0 Å². The van der Waals surface area contributed by atoms with Gasteiger partial charge in [-0.25, -0.2) is 4.57 Å². The van der Waals surface area contributed by atoms with Gasteiger partial charge in [0.05, 0.1) is 6.42 Å². The molecule has 0 heterocycles. The summed E-state index contributed by atoms with van der Waals surface area (Å²) in [5.74, 6) is -0.735. The normalized spacial score (nSPS) is 21.1. The zero-order valence-corrected chi connectivity index (χ0v) is 10.5. The summed E-state index contributed by atoms with van der Waals surface area (Å²) in [6.45, 7) is -1.77. The number of hydrogen-bond acceptors (Lipinski definition) is 3. The molecule has 2 unspecified atom stereocenters. The molecule has 9 heteroatoms. The lowest BCUT2D eigenvalue weighted by molar-refractivity contribution is -0.160. The third-order valence-electron chi connectivity index (χ3n) is 1.63. The first-order valence-corrected chi connectivity index (χ1v) is 6.81. The fourth-order valence-corrected chi connectivity index (χ4v) is 2.51. The van der Waals surface area contributed by atoms with Crippen LogP contribution in [0.15, 0.2) is 0 Å². The molecule has 15 heavy (non-hydrogen) atoms. The Balaban J connectivity index is 4.84. The van der Waals surface area contributed by atoms with E-state index in [-0.39, 0.29) is 0 Å². The van der Waals surface area contributed by atoms with Gasteiger partial charge in [-0.3, -0.25) is 4.52 Å². The highest BCUT2D eigenvalue weighted by Gasteiger charge is 2.46. The van der Waals surface area contributed by atoms with Crippen molar-refractivity contribution in [3.8, 4) is 0 Å². The average molecular weight is 287 g/mol. The Morgan fingerprint density at radius 2 is 1.93 bits per heavy atom. The third kappa shape index (κ3) is 6.68. The number of hydrogen-bond donors (Lipinski definition) is 2. The van der Waals surface area contributed by atoms with Crippen LogP contribution in [0.4, 0.5) is 13.2 Å². The van der Waals surface area contributed by atoms with Gasteiger partial charge in [-0.15, -0.1) is 12.6 Å². The second-order valence-electron chi connectivity index (χ2n) is 3.33. The number of alkyl halides is 3. The standard InChI is InChI=1S/C6H11ClF3O3PS/c1-4(2)5(15,3-6(8,9)10)13-14(7,11)12/h4,15H,3H2,1-2H3,(H,11,12). The maximum absolute atomic E-state index is 12.1. The topological polar surface area (TPSA) is 46.5 Å². The molecule has 92 valence electrons. The summed E-state index contributed by atoms with van der Waals surface area (Å²) in [6.07, 6.45) is -6.02. The van der Waals surface area contributed by atoms with Gasteiger partial charge in [-0.05, 0) is 5.92 Å². The summed E-state index contributed by atoms with van der Waals surface area (Å²) in [4.78, 5) is 6.57. The van der Waals surface area contributed by atoms with Crippen molar-refractivity contribution in [2.75, 3.05) is 0 Å². The minimum absolute atomic E-state index is 0.735. The lowest BCUT2D eigenvalue weighted by Gasteiger charge is -2.33. The van der Waals surface area contributed by atoms with Crippen LogP contribution in [0.25, 0.3) is 0 Å². The maximum atomic E-state index is 12.1. The van der Waals surface area contributed by atoms with Crippen LogP contribution in [0.5, 0.6) is 0 Å². The maximum Gasteiger partial charge on any atom is 0.423 e. The van der Waals surface area contributed by atoms with Gasteiger partial charge < -0.3 is 4.89 Å². The second-order valence-corrected chi connectivity index (χ2v) is 6.46. The minimum Gasteiger partial charge on any atom is -0.313 e. The molecule has 0 saturated heterocycles. The molecule has 3 nitrogen and oxygen atoms in total. The van der Waals surface area contributed by atoms with Gasteiger partial charge in [0, 0.05) is 11.2 Å². The monoisotopic (exact) mass is 286 g/mol. The first-order chi connectivity index (χ1) is 6.36. The Labute approximate surface area is 95.7 Å². The molecule has 0 spiro atoms. The first kappa shape index (κ1) is 15.6. The van der Waals surface area contributed by atoms with E-state index in [1.54, 1.807) is 0 Å². The van der Waals surface area contributed by atoms with Gasteiger partial charge in [-0.1, -0.05) is 13.8 Å². The van der Waals surface area contributed by atoms with E-state index >= 15 is 0 Å². The molecule has 0 amide bonds. The van der Waals surface area contributed by atoms with E-state index < -0.39 is 30.4 Å². The molecule has 0 aliphatic heterocycles. The molecule has 0 radical (unpaired) electrons. The lowest BCUT2D eigenvalue weighted by Crippen LogP contribution is -2.36. The fraction of sp³-hybridized carbons (Fsp3) is 1.00. The summed E-state index contributed by atoms with van der Waals surface area (Å²) in [5, 5.41) is 0. The Bertz CT molecular complexity index is 267. The van der Waals surface area contributed by atoms with Crippen LogP contribution in [0.1, 0.15) is 20.3 Å². The molecule has 0 aliphatic carbocycles. The predicted molar refractivity (Wildman–Crippen MR) is 54.0 cm³/mol. The van der Waals surface area contributed by atoms with Gasteiger partial charge in [0.2, 0.25) is 0 Å². The number of thiol groups is 1. The smallest absolute Gasteiger partial charge is 0.313 e. The van der Waals surface area contributed by atoms with Crippen LogP contribution >= 0.6 is 30.8 Å². The van der Waals surface area contributed by atoms with Crippen molar-refractivity contribution in [2.45, 2.75) is 31.4 Å². The molecule has 0 aromatic rings. The summed E-state index contributed by atoms with van der Waals surface area (Å²) >= 11 is 8.50. The number of halogens is 4. The van der Waals surface area contributed by atoms with Crippen molar-refractivity contribution in [2.24, 2.45) is 5.92 Å². The summed E-state index contributed by atoms with van der Waals surface area (Å²) in [5.41, 5.74) is 0. The van der Waals surface area contributed by atoms with E-state index in [9.17, 15) is 17.7 Å². The highest BCUT2D eigenvalue weighted by Crippen LogP contribution is 2.55. The molecular weight excluding hydrogens is 276 g/mol. The largest absolute Gasteiger partial charge is 0.423 e. The van der Waals surface area contributed by atoms with E-state index in [0.29, 0.717) is 0 Å². The molecule has 0 rings (SSSR count). The van der Waals surface area contributed by atoms with Crippen LogP contribution < -0.4 is 0 Å². The van der Waals surface area contributed by atoms with Crippen LogP contribution in [0, 0.1) is 5.92 Å². The molecule has 0 aliphatic rings. The molecule has 2 atom stereocenters. The summed E-state index contributed by atoms with van der Waals surface area (Å²) in [6, 6.07) is 0. The first-order valence-electron chi connectivity index (χ1n) is 3.88. The van der Waals surface area contributed by atoms with E-state index in [1.165, 1.54) is 13.8 Å². The van der Waals surface area contributed by atoms with Crippen molar-refractivity contribution in [1.29, 1.82) is 0 Å². The van der Waals surface area contributed by atoms with Gasteiger partial charge >= 0.3 is 13.1 Å². The Morgan fingerprint density at radius 1 is 1.53 bits per heavy atom. The molecule has 0 saturated carbocycles. The molecule has 1 N–H and O–H groups in total. The predicted octanol–water partition coefficient (Wildman–Crippen LogP) is 3.58. The Kier molecular flexibility index (Phi) is 5.02. The van der Waals surface area contributed by atoms with E-state index in [0.717, 1.165) is 0 Å². The summed E-state index contributed by atoms with van der Waals surface area (Å²) < 4.78 is 51.4. The molecule has 0 aromatic carbocycles. The fourth-order valence-electron chi connectivity index (χ4n) is 0.824. The van der Waals surface area contributed by atoms with Crippen molar-refractivity contribution in [1.82, 2.24) is 0 Å². The Morgan fingerprint density at radius 3 is 2.13 bits per heavy atom. The Hall–Kier alpha value is 0.580. The average Bonchev–Trinajstić information content (AvgIpc) is 1.75. The lowest BCUT2D eigenvalue weighted by atomic mass is 10.0. The van der Waals surface area contributed by atoms with E-state index in [2.05, 4.69) is 17.2 Å². The van der Waals surface area contributed by atoms with E-state index in [1.807, 2.05) is 0 Å². The number of rotatable bonds is 4. The zero-order valence-electron chi connectivity index (χ0n) is 7.95. The molecule has 0 bridgehead atoms. The minimum atomic E-state index is -4.56. The highest BCUT2D eigenvalue weighted by molar-refractivity contribution is 7.84. The summed E-state index contributed by atoms with van der Waals surface area (Å²) in [7, 11) is 0. The zero-order chi connectivity index (χ0) is 12.5. The molecular formula is C6H11ClF3O3PS. The van der Waals surface area contributed by atoms with Crippen LogP contribution in [-0.2, 0) is 9.09 Å². The van der Waals surface area contributed by atoms with Crippen molar-refractivity contribution >= 4 is 30.8 Å². The van der Waals surface area contributed by atoms with Crippen molar-refractivity contribution in [3.05, 3.63) is 0 Å². The van der Waals surface area contributed by atoms with Gasteiger partial charge in [0.15, 0.2) is 0 Å². The molecule has 0 aromatic heterocycles.